The van der Waals surface area contributed by atoms with E-state index < -0.39 is 20.7 Å². The zero-order valence-electron chi connectivity index (χ0n) is 13.3. The molecule has 1 amide bonds. The molecule has 7 heteroatoms. The van der Waals surface area contributed by atoms with Gasteiger partial charge < -0.3 is 5.32 Å². The van der Waals surface area contributed by atoms with Gasteiger partial charge in [-0.25, -0.2) is 17.1 Å². The number of benzene rings is 1. The molecule has 0 saturated heterocycles. The molecule has 0 spiro atoms. The lowest BCUT2D eigenvalue weighted by Gasteiger charge is -2.13. The zero-order chi connectivity index (χ0) is 16.8. The molecule has 2 aliphatic carbocycles. The maximum Gasteiger partial charge on any atom is 0.251 e. The molecule has 5 nitrogen and oxygen atoms in total. The minimum absolute atomic E-state index is 0.164. The van der Waals surface area contributed by atoms with Gasteiger partial charge in [-0.15, -0.1) is 0 Å². The highest BCUT2D eigenvalue weighted by atomic mass is 32.2. The van der Waals surface area contributed by atoms with Crippen LogP contribution in [0.2, 0.25) is 0 Å². The third-order valence-electron chi connectivity index (χ3n) is 5.03. The van der Waals surface area contributed by atoms with E-state index in [2.05, 4.69) is 5.32 Å². The topological polar surface area (TPSA) is 66.5 Å². The lowest BCUT2D eigenvalue weighted by molar-refractivity contribution is 0.0950. The third kappa shape index (κ3) is 2.99. The van der Waals surface area contributed by atoms with Crippen LogP contribution in [0.1, 0.15) is 29.6 Å². The van der Waals surface area contributed by atoms with Gasteiger partial charge in [-0.3, -0.25) is 4.79 Å². The Kier molecular flexibility index (Phi) is 4.18. The van der Waals surface area contributed by atoms with E-state index in [1.165, 1.54) is 39.4 Å². The van der Waals surface area contributed by atoms with E-state index in [0.29, 0.717) is 12.5 Å². The van der Waals surface area contributed by atoms with Crippen LogP contribution in [0.15, 0.2) is 23.1 Å². The molecule has 0 aliphatic heterocycles. The van der Waals surface area contributed by atoms with Crippen molar-refractivity contribution in [1.82, 2.24) is 9.62 Å². The van der Waals surface area contributed by atoms with Crippen LogP contribution in [-0.2, 0) is 10.0 Å². The van der Waals surface area contributed by atoms with Gasteiger partial charge in [0, 0.05) is 26.2 Å². The van der Waals surface area contributed by atoms with Crippen molar-refractivity contribution in [3.63, 3.8) is 0 Å². The lowest BCUT2D eigenvalue weighted by atomic mass is 10.1. The molecule has 1 aromatic rings. The van der Waals surface area contributed by atoms with E-state index in [9.17, 15) is 17.6 Å². The third-order valence-corrected chi connectivity index (χ3v) is 6.86. The number of hydrogen-bond acceptors (Lipinski definition) is 3. The summed E-state index contributed by atoms with van der Waals surface area (Å²) in [6, 6.07) is 3.44. The normalized spacial score (nSPS) is 26.2. The van der Waals surface area contributed by atoms with Crippen molar-refractivity contribution >= 4 is 15.9 Å². The number of halogens is 1. The highest BCUT2D eigenvalue weighted by Crippen LogP contribution is 2.57. The average molecular weight is 340 g/mol. The standard InChI is InChI=1S/C16H21FN2O3S/c1-19(2)23(21,22)15-8-10(6-7-14(15)17)16(20)18-9-13-11-4-3-5-12(11)13/h6-8,11-13H,3-5,9H2,1-2H3,(H,18,20). The van der Waals surface area contributed by atoms with Crippen LogP contribution in [-0.4, -0.2) is 39.3 Å². The summed E-state index contributed by atoms with van der Waals surface area (Å²) in [4.78, 5) is 11.7. The highest BCUT2D eigenvalue weighted by Gasteiger charge is 2.51. The largest absolute Gasteiger partial charge is 0.352 e. The molecule has 126 valence electrons. The Labute approximate surface area is 135 Å². The Morgan fingerprint density at radius 1 is 1.30 bits per heavy atom. The van der Waals surface area contributed by atoms with Gasteiger partial charge in [-0.05, 0) is 48.8 Å². The summed E-state index contributed by atoms with van der Waals surface area (Å²) in [5.41, 5.74) is 0.164. The van der Waals surface area contributed by atoms with E-state index in [-0.39, 0.29) is 11.5 Å². The van der Waals surface area contributed by atoms with E-state index >= 15 is 0 Å². The van der Waals surface area contributed by atoms with Crippen molar-refractivity contribution in [2.45, 2.75) is 24.2 Å². The fourth-order valence-corrected chi connectivity index (χ4v) is 4.61. The predicted molar refractivity (Wildman–Crippen MR) is 83.9 cm³/mol. The molecule has 2 saturated carbocycles. The van der Waals surface area contributed by atoms with Gasteiger partial charge >= 0.3 is 0 Å². The lowest BCUT2D eigenvalue weighted by Crippen LogP contribution is -2.28. The summed E-state index contributed by atoms with van der Waals surface area (Å²) in [6.07, 6.45) is 3.77. The second kappa shape index (κ2) is 5.87. The van der Waals surface area contributed by atoms with Crippen LogP contribution < -0.4 is 5.32 Å². The fourth-order valence-electron chi connectivity index (χ4n) is 3.62. The molecule has 0 radical (unpaired) electrons. The number of carbonyl (C=O) groups excluding carboxylic acids is 1. The molecule has 2 atom stereocenters. The summed E-state index contributed by atoms with van der Waals surface area (Å²) >= 11 is 0. The van der Waals surface area contributed by atoms with E-state index in [1.54, 1.807) is 0 Å². The number of rotatable bonds is 5. The van der Waals surface area contributed by atoms with E-state index in [1.807, 2.05) is 0 Å². The number of nitrogens with one attached hydrogen (secondary N) is 1. The molecule has 0 bridgehead atoms. The summed E-state index contributed by atoms with van der Waals surface area (Å²) in [5, 5.41) is 2.85. The molecule has 1 N–H and O–H groups in total. The maximum absolute atomic E-state index is 13.8. The van der Waals surface area contributed by atoms with Crippen molar-refractivity contribution in [2.24, 2.45) is 17.8 Å². The van der Waals surface area contributed by atoms with Crippen LogP contribution in [0.3, 0.4) is 0 Å². The Morgan fingerprint density at radius 3 is 2.57 bits per heavy atom. The monoisotopic (exact) mass is 340 g/mol. The first-order chi connectivity index (χ1) is 10.8. The van der Waals surface area contributed by atoms with Crippen molar-refractivity contribution in [2.75, 3.05) is 20.6 Å². The Morgan fingerprint density at radius 2 is 1.96 bits per heavy atom. The summed E-state index contributed by atoms with van der Waals surface area (Å²) in [7, 11) is -1.26. The van der Waals surface area contributed by atoms with Crippen LogP contribution in [0.5, 0.6) is 0 Å². The van der Waals surface area contributed by atoms with Crippen molar-refractivity contribution in [1.29, 1.82) is 0 Å². The molecule has 3 rings (SSSR count). The highest BCUT2D eigenvalue weighted by molar-refractivity contribution is 7.89. The first-order valence-electron chi connectivity index (χ1n) is 7.82. The fraction of sp³-hybridized carbons (Fsp3) is 0.562. The van der Waals surface area contributed by atoms with Gasteiger partial charge in [-0.2, -0.15) is 0 Å². The van der Waals surface area contributed by atoms with Gasteiger partial charge in [0.1, 0.15) is 10.7 Å². The quantitative estimate of drug-likeness (QED) is 0.890. The van der Waals surface area contributed by atoms with Gasteiger partial charge in [0.05, 0.1) is 0 Å². The zero-order valence-corrected chi connectivity index (χ0v) is 14.1. The number of sulfonamides is 1. The molecule has 1 aromatic carbocycles. The Balaban J connectivity index is 1.71. The van der Waals surface area contributed by atoms with E-state index in [4.69, 9.17) is 0 Å². The molecule has 0 heterocycles. The van der Waals surface area contributed by atoms with Crippen LogP contribution in [0, 0.1) is 23.6 Å². The van der Waals surface area contributed by atoms with Gasteiger partial charge in [0.15, 0.2) is 0 Å². The number of carbonyl (C=O) groups is 1. The number of hydrogen-bond donors (Lipinski definition) is 1. The van der Waals surface area contributed by atoms with Gasteiger partial charge in [0.25, 0.3) is 5.91 Å². The average Bonchev–Trinajstić information content (AvgIpc) is 2.92. The molecular weight excluding hydrogens is 319 g/mol. The van der Waals surface area contributed by atoms with Crippen LogP contribution in [0.4, 0.5) is 4.39 Å². The molecule has 0 aromatic heterocycles. The smallest absolute Gasteiger partial charge is 0.251 e. The minimum Gasteiger partial charge on any atom is -0.352 e. The van der Waals surface area contributed by atoms with Gasteiger partial charge in [-0.1, -0.05) is 6.42 Å². The number of fused-ring (bicyclic) bond motifs is 1. The summed E-state index contributed by atoms with van der Waals surface area (Å²) < 4.78 is 38.9. The van der Waals surface area contributed by atoms with Crippen molar-refractivity contribution < 1.29 is 17.6 Å². The molecular formula is C16H21FN2O3S. The number of nitrogens with zero attached hydrogens (tertiary/aromatic N) is 1. The molecule has 23 heavy (non-hydrogen) atoms. The van der Waals surface area contributed by atoms with Crippen molar-refractivity contribution in [3.8, 4) is 0 Å². The summed E-state index contributed by atoms with van der Waals surface area (Å²) in [6.45, 7) is 0.612. The minimum atomic E-state index is -3.92. The van der Waals surface area contributed by atoms with E-state index in [0.717, 1.165) is 28.3 Å². The van der Waals surface area contributed by atoms with Crippen LogP contribution in [0.25, 0.3) is 0 Å². The second-order valence-corrected chi connectivity index (χ2v) is 8.69. The Hall–Kier alpha value is -1.47. The molecule has 2 unspecified atom stereocenters. The second-order valence-electron chi connectivity index (χ2n) is 6.57. The molecule has 2 aliphatic rings. The predicted octanol–water partition coefficient (Wildman–Crippen LogP) is 1.85. The maximum atomic E-state index is 13.8. The number of amides is 1. The first-order valence-corrected chi connectivity index (χ1v) is 9.26. The summed E-state index contributed by atoms with van der Waals surface area (Å²) in [5.74, 6) is 0.830. The Bertz CT molecular complexity index is 723. The van der Waals surface area contributed by atoms with Crippen molar-refractivity contribution in [3.05, 3.63) is 29.6 Å². The van der Waals surface area contributed by atoms with Gasteiger partial charge in [0.2, 0.25) is 10.0 Å². The van der Waals surface area contributed by atoms with Crippen LogP contribution >= 0.6 is 0 Å². The SMILES string of the molecule is CN(C)S(=O)(=O)c1cc(C(=O)NCC2C3CCCC32)ccc1F. The molecule has 2 fully saturated rings. The first kappa shape index (κ1) is 16.4.